The summed E-state index contributed by atoms with van der Waals surface area (Å²) in [7, 11) is 0. The van der Waals surface area contributed by atoms with E-state index in [0.29, 0.717) is 19.1 Å². The summed E-state index contributed by atoms with van der Waals surface area (Å²) in [6.45, 7) is 9.24. The number of nitrogens with zero attached hydrogens (tertiary/aromatic N) is 2. The first-order chi connectivity index (χ1) is 18.8. The Balaban J connectivity index is 1.08. The summed E-state index contributed by atoms with van der Waals surface area (Å²) in [4.78, 5) is 19.1. The lowest BCUT2D eigenvalue weighted by molar-refractivity contribution is -0.151. The Morgan fingerprint density at radius 3 is 2.90 bits per heavy atom. The monoisotopic (exact) mass is 535 g/mol. The number of hydrogen-bond acceptors (Lipinski definition) is 6. The van der Waals surface area contributed by atoms with E-state index >= 15 is 0 Å². The number of aromatic nitrogens is 1. The van der Waals surface area contributed by atoms with Crippen LogP contribution in [0.4, 0.5) is 5.82 Å². The maximum Gasteiger partial charge on any atom is 0.325 e. The van der Waals surface area contributed by atoms with Crippen LogP contribution in [0.15, 0.2) is 36.5 Å². The number of nitrogens with one attached hydrogen (secondary N) is 1. The van der Waals surface area contributed by atoms with Gasteiger partial charge >= 0.3 is 5.97 Å². The summed E-state index contributed by atoms with van der Waals surface area (Å²) in [6, 6.07) is 10.2. The van der Waals surface area contributed by atoms with Gasteiger partial charge in [0, 0.05) is 38.5 Å². The largest absolute Gasteiger partial charge is 0.480 e. The van der Waals surface area contributed by atoms with Crippen molar-refractivity contribution in [2.75, 3.05) is 31.6 Å². The van der Waals surface area contributed by atoms with Gasteiger partial charge in [-0.1, -0.05) is 56.5 Å². The van der Waals surface area contributed by atoms with E-state index in [1.54, 1.807) is 0 Å². The number of pyridine rings is 1. The molecule has 2 N–H and O–H groups in total. The van der Waals surface area contributed by atoms with E-state index in [1.165, 1.54) is 18.4 Å². The average Bonchev–Trinajstić information content (AvgIpc) is 2.88. The Hall–Kier alpha value is -2.48. The van der Waals surface area contributed by atoms with Gasteiger partial charge in [-0.2, -0.15) is 0 Å². The quantitative estimate of drug-likeness (QED) is 0.337. The molecule has 0 aliphatic carbocycles. The molecule has 2 saturated heterocycles. The fourth-order valence-electron chi connectivity index (χ4n) is 6.54. The lowest BCUT2D eigenvalue weighted by Crippen LogP contribution is -2.55. The number of carboxylic acids is 1. The van der Waals surface area contributed by atoms with E-state index in [-0.39, 0.29) is 17.6 Å². The second-order valence-electron chi connectivity index (χ2n) is 12.4. The lowest BCUT2D eigenvalue weighted by atomic mass is 9.75. The Morgan fingerprint density at radius 1 is 1.26 bits per heavy atom. The molecule has 7 heteroatoms. The summed E-state index contributed by atoms with van der Waals surface area (Å²) < 4.78 is 12.4. The molecule has 39 heavy (non-hydrogen) atoms. The minimum Gasteiger partial charge on any atom is -0.480 e. The van der Waals surface area contributed by atoms with Crippen molar-refractivity contribution in [1.82, 2.24) is 9.88 Å². The van der Waals surface area contributed by atoms with Crippen molar-refractivity contribution in [1.29, 1.82) is 0 Å². The van der Waals surface area contributed by atoms with Gasteiger partial charge in [0.25, 0.3) is 0 Å². The summed E-state index contributed by atoms with van der Waals surface area (Å²) in [5.74, 6) is 0.252. The standard InChI is InChI=1S/C32H45N3O4/c1-22-11-14-26(29-32(2,3)15-8-18-39-29)27(19-22)28(31(36)37)35-20-25(21-35)38-17-6-4-5-10-24-13-12-23-9-7-16-33-30(23)34-24/h7,9,11,14,16,19,24-25,28-29H,4-6,8,10,12-13,15,17-18,20-21H2,1-3H3,(H,33,34)(H,36,37)/t24-,28?,29?/m1/s1. The number of aliphatic carboxylic acids is 1. The van der Waals surface area contributed by atoms with Crippen molar-refractivity contribution in [2.45, 2.75) is 96.4 Å². The van der Waals surface area contributed by atoms with Crippen LogP contribution in [0.25, 0.3) is 0 Å². The number of aryl methyl sites for hydroxylation is 2. The zero-order valence-corrected chi connectivity index (χ0v) is 23.8. The van der Waals surface area contributed by atoms with Crippen molar-refractivity contribution in [3.8, 4) is 0 Å². The number of anilines is 1. The van der Waals surface area contributed by atoms with Gasteiger partial charge in [-0.25, -0.2) is 4.98 Å². The van der Waals surface area contributed by atoms with Gasteiger partial charge in [0.05, 0.1) is 12.2 Å². The lowest BCUT2D eigenvalue weighted by Gasteiger charge is -2.44. The highest BCUT2D eigenvalue weighted by Crippen LogP contribution is 2.46. The van der Waals surface area contributed by atoms with Crippen LogP contribution in [0.3, 0.4) is 0 Å². The number of likely N-dealkylation sites (tertiary alicyclic amines) is 1. The van der Waals surface area contributed by atoms with E-state index < -0.39 is 12.0 Å². The molecule has 3 aliphatic rings. The number of carbonyl (C=O) groups is 1. The molecule has 0 bridgehead atoms. The first-order valence-corrected chi connectivity index (χ1v) is 14.8. The molecule has 3 atom stereocenters. The third kappa shape index (κ3) is 6.64. The fourth-order valence-corrected chi connectivity index (χ4v) is 6.54. The van der Waals surface area contributed by atoms with E-state index in [1.807, 2.05) is 30.2 Å². The minimum absolute atomic E-state index is 0.0275. The highest BCUT2D eigenvalue weighted by atomic mass is 16.5. The van der Waals surface area contributed by atoms with Gasteiger partial charge < -0.3 is 19.9 Å². The molecule has 0 amide bonds. The predicted molar refractivity (Wildman–Crippen MR) is 153 cm³/mol. The molecule has 2 unspecified atom stereocenters. The Morgan fingerprint density at radius 2 is 2.10 bits per heavy atom. The Kier molecular flexibility index (Phi) is 8.89. The van der Waals surface area contributed by atoms with Gasteiger partial charge in [-0.05, 0) is 73.6 Å². The highest BCUT2D eigenvalue weighted by Gasteiger charge is 2.42. The van der Waals surface area contributed by atoms with Crippen LogP contribution in [-0.4, -0.2) is 59.4 Å². The molecule has 5 rings (SSSR count). The molecule has 0 saturated carbocycles. The molecular weight excluding hydrogens is 490 g/mol. The van der Waals surface area contributed by atoms with Gasteiger partial charge in [-0.15, -0.1) is 0 Å². The van der Waals surface area contributed by atoms with E-state index in [9.17, 15) is 9.90 Å². The topological polar surface area (TPSA) is 83.9 Å². The van der Waals surface area contributed by atoms with Crippen LogP contribution in [0.2, 0.25) is 0 Å². The molecule has 4 heterocycles. The van der Waals surface area contributed by atoms with Gasteiger partial charge in [0.1, 0.15) is 11.9 Å². The van der Waals surface area contributed by atoms with Crippen molar-refractivity contribution in [2.24, 2.45) is 5.41 Å². The van der Waals surface area contributed by atoms with Crippen LogP contribution in [0, 0.1) is 12.3 Å². The molecule has 0 radical (unpaired) electrons. The number of hydrogen-bond donors (Lipinski definition) is 2. The van der Waals surface area contributed by atoms with Crippen molar-refractivity contribution < 1.29 is 19.4 Å². The number of fused-ring (bicyclic) bond motifs is 1. The second kappa shape index (κ2) is 12.4. The first kappa shape index (κ1) is 28.1. The number of benzene rings is 1. The predicted octanol–water partition coefficient (Wildman–Crippen LogP) is 6.08. The summed E-state index contributed by atoms with van der Waals surface area (Å²) in [6.07, 6.45) is 10.8. The average molecular weight is 536 g/mol. The van der Waals surface area contributed by atoms with E-state index in [4.69, 9.17) is 9.47 Å². The Bertz CT molecular complexity index is 1130. The third-order valence-corrected chi connectivity index (χ3v) is 8.80. The number of ether oxygens (including phenoxy) is 2. The summed E-state index contributed by atoms with van der Waals surface area (Å²) in [5.41, 5.74) is 4.27. The summed E-state index contributed by atoms with van der Waals surface area (Å²) in [5, 5.41) is 13.9. The molecule has 7 nitrogen and oxygen atoms in total. The SMILES string of the molecule is Cc1ccc(C2OCCCC2(C)C)c(C(C(=O)O)N2CC(OCCCCC[C@@H]3CCc4cccnc4N3)C2)c1. The van der Waals surface area contributed by atoms with Crippen LogP contribution in [-0.2, 0) is 20.7 Å². The van der Waals surface area contributed by atoms with E-state index in [2.05, 4.69) is 42.3 Å². The smallest absolute Gasteiger partial charge is 0.325 e. The van der Waals surface area contributed by atoms with Crippen molar-refractivity contribution >= 4 is 11.8 Å². The van der Waals surface area contributed by atoms with Crippen LogP contribution < -0.4 is 5.32 Å². The molecular formula is C32H45N3O4. The molecule has 1 aromatic carbocycles. The van der Waals surface area contributed by atoms with E-state index in [0.717, 1.165) is 74.2 Å². The number of carboxylic acid groups (broad SMARTS) is 1. The van der Waals surface area contributed by atoms with Crippen LogP contribution in [0.1, 0.15) is 93.2 Å². The third-order valence-electron chi connectivity index (χ3n) is 8.80. The normalized spacial score (nSPS) is 23.9. The van der Waals surface area contributed by atoms with Gasteiger partial charge in [-0.3, -0.25) is 9.69 Å². The second-order valence-corrected chi connectivity index (χ2v) is 12.4. The zero-order chi connectivity index (χ0) is 27.4. The molecule has 212 valence electrons. The molecule has 3 aliphatic heterocycles. The number of rotatable bonds is 11. The molecule has 0 spiro atoms. The maximum absolute atomic E-state index is 12.5. The van der Waals surface area contributed by atoms with Crippen LogP contribution in [0.5, 0.6) is 0 Å². The van der Waals surface area contributed by atoms with Crippen LogP contribution >= 0.6 is 0 Å². The minimum atomic E-state index is -0.803. The van der Waals surface area contributed by atoms with Gasteiger partial charge in [0.2, 0.25) is 0 Å². The highest BCUT2D eigenvalue weighted by molar-refractivity contribution is 5.76. The molecule has 2 aromatic rings. The first-order valence-electron chi connectivity index (χ1n) is 14.8. The number of unbranched alkanes of at least 4 members (excludes halogenated alkanes) is 2. The van der Waals surface area contributed by atoms with Crippen molar-refractivity contribution in [3.63, 3.8) is 0 Å². The molecule has 2 fully saturated rings. The maximum atomic E-state index is 12.5. The Labute approximate surface area is 233 Å². The molecule has 1 aromatic heterocycles. The van der Waals surface area contributed by atoms with Gasteiger partial charge in [0.15, 0.2) is 0 Å². The van der Waals surface area contributed by atoms with Crippen molar-refractivity contribution in [3.05, 3.63) is 58.8 Å². The summed E-state index contributed by atoms with van der Waals surface area (Å²) >= 11 is 0. The fraction of sp³-hybridized carbons (Fsp3) is 0.625. The zero-order valence-electron chi connectivity index (χ0n) is 23.8.